The van der Waals surface area contributed by atoms with E-state index in [4.69, 9.17) is 19.9 Å². The van der Waals surface area contributed by atoms with Gasteiger partial charge in [0.2, 0.25) is 5.75 Å². The predicted octanol–water partition coefficient (Wildman–Crippen LogP) is 2.44. The quantitative estimate of drug-likeness (QED) is 0.870. The number of nitriles is 1. The molecule has 7 nitrogen and oxygen atoms in total. The number of carbonyl (C=O) groups excluding carboxylic acids is 1. The van der Waals surface area contributed by atoms with Gasteiger partial charge in [-0.25, -0.2) is 0 Å². The van der Waals surface area contributed by atoms with Crippen molar-refractivity contribution in [2.45, 2.75) is 25.2 Å². The van der Waals surface area contributed by atoms with E-state index in [9.17, 15) is 10.1 Å². The largest absolute Gasteiger partial charge is 0.493 e. The Bertz CT molecular complexity index is 870. The van der Waals surface area contributed by atoms with Gasteiger partial charge in [-0.05, 0) is 30.5 Å². The van der Waals surface area contributed by atoms with Crippen molar-refractivity contribution in [1.82, 2.24) is 4.90 Å². The molecule has 2 aliphatic rings. The van der Waals surface area contributed by atoms with Crippen LogP contribution in [0.4, 0.5) is 0 Å². The molecular formula is C20H23N3O4. The number of hydrogen-bond donors (Lipinski definition) is 1. The highest BCUT2D eigenvalue weighted by molar-refractivity contribution is 5.99. The van der Waals surface area contributed by atoms with E-state index in [1.165, 1.54) is 21.3 Å². The lowest BCUT2D eigenvalue weighted by molar-refractivity contribution is -0.116. The van der Waals surface area contributed by atoms with Gasteiger partial charge in [-0.1, -0.05) is 0 Å². The highest BCUT2D eigenvalue weighted by atomic mass is 16.5. The van der Waals surface area contributed by atoms with Gasteiger partial charge >= 0.3 is 0 Å². The van der Waals surface area contributed by atoms with E-state index in [-0.39, 0.29) is 5.78 Å². The van der Waals surface area contributed by atoms with Gasteiger partial charge in [0.25, 0.3) is 0 Å². The number of nitrogens with zero attached hydrogens (tertiary/aromatic N) is 2. The first kappa shape index (κ1) is 18.6. The molecule has 0 fully saturated rings. The number of benzene rings is 1. The number of carbonyl (C=O) groups is 1. The molecule has 0 aromatic heterocycles. The molecule has 7 heteroatoms. The van der Waals surface area contributed by atoms with Gasteiger partial charge < -0.3 is 24.8 Å². The Morgan fingerprint density at radius 3 is 2.30 bits per heavy atom. The van der Waals surface area contributed by atoms with Crippen LogP contribution in [0.15, 0.2) is 34.8 Å². The fourth-order valence-electron chi connectivity index (χ4n) is 3.86. The molecule has 1 aliphatic heterocycles. The van der Waals surface area contributed by atoms with Crippen molar-refractivity contribution >= 4 is 5.78 Å². The Balaban J connectivity index is 2.28. The molecule has 0 amide bonds. The Morgan fingerprint density at radius 2 is 1.78 bits per heavy atom. The standard InChI is InChI=1S/C20H23N3O4/c1-23-13-6-5-7-14(24)18(13)17(12(10-21)20(23)22)11-8-15(25-2)19(27-4)16(9-11)26-3/h8-9,17H,5-7,22H2,1-4H3/t17-/m0/s1. The average molecular weight is 369 g/mol. The van der Waals surface area contributed by atoms with Crippen molar-refractivity contribution in [3.8, 4) is 23.3 Å². The summed E-state index contributed by atoms with van der Waals surface area (Å²) in [5.74, 6) is 1.24. The van der Waals surface area contributed by atoms with Gasteiger partial charge in [0, 0.05) is 24.7 Å². The zero-order chi connectivity index (χ0) is 19.7. The van der Waals surface area contributed by atoms with Crippen LogP contribution in [0.5, 0.6) is 17.2 Å². The Hall–Kier alpha value is -3.14. The van der Waals surface area contributed by atoms with Crippen molar-refractivity contribution < 1.29 is 19.0 Å². The van der Waals surface area contributed by atoms with E-state index in [1.54, 1.807) is 24.1 Å². The molecule has 0 saturated heterocycles. The Labute approximate surface area is 158 Å². The van der Waals surface area contributed by atoms with Gasteiger partial charge in [-0.2, -0.15) is 5.26 Å². The molecule has 1 aromatic rings. The zero-order valence-electron chi connectivity index (χ0n) is 16.0. The molecule has 3 rings (SSSR count). The molecule has 0 bridgehead atoms. The van der Waals surface area contributed by atoms with Crippen LogP contribution in [0, 0.1) is 11.3 Å². The highest BCUT2D eigenvalue weighted by Gasteiger charge is 2.39. The summed E-state index contributed by atoms with van der Waals surface area (Å²) in [6, 6.07) is 5.75. The Kier molecular flexibility index (Phi) is 5.00. The lowest BCUT2D eigenvalue weighted by Gasteiger charge is -2.37. The Morgan fingerprint density at radius 1 is 1.15 bits per heavy atom. The third-order valence-corrected chi connectivity index (χ3v) is 5.19. The van der Waals surface area contributed by atoms with E-state index < -0.39 is 5.92 Å². The molecule has 27 heavy (non-hydrogen) atoms. The summed E-state index contributed by atoms with van der Waals surface area (Å²) in [6.07, 6.45) is 1.99. The lowest BCUT2D eigenvalue weighted by atomic mass is 9.75. The van der Waals surface area contributed by atoms with E-state index in [1.807, 2.05) is 0 Å². The summed E-state index contributed by atoms with van der Waals surface area (Å²) in [5, 5.41) is 9.81. The molecule has 1 heterocycles. The lowest BCUT2D eigenvalue weighted by Crippen LogP contribution is -2.36. The van der Waals surface area contributed by atoms with Crippen molar-refractivity contribution in [1.29, 1.82) is 5.26 Å². The number of Topliss-reactive ketones (excluding diaryl/α,β-unsaturated/α-hetero) is 1. The third-order valence-electron chi connectivity index (χ3n) is 5.19. The first-order valence-electron chi connectivity index (χ1n) is 8.68. The van der Waals surface area contributed by atoms with Crippen LogP contribution in [-0.2, 0) is 4.79 Å². The summed E-state index contributed by atoms with van der Waals surface area (Å²) in [4.78, 5) is 14.6. The number of ether oxygens (including phenoxy) is 3. The van der Waals surface area contributed by atoms with Gasteiger partial charge in [-0.3, -0.25) is 4.79 Å². The average Bonchev–Trinajstić information content (AvgIpc) is 2.69. The topological polar surface area (TPSA) is 97.8 Å². The number of methoxy groups -OCH3 is 3. The third kappa shape index (κ3) is 2.87. The van der Waals surface area contributed by atoms with Gasteiger partial charge in [0.05, 0.1) is 38.9 Å². The molecule has 142 valence electrons. The summed E-state index contributed by atoms with van der Waals surface area (Å²) in [5.41, 5.74) is 8.82. The van der Waals surface area contributed by atoms with Crippen LogP contribution >= 0.6 is 0 Å². The highest BCUT2D eigenvalue weighted by Crippen LogP contribution is 2.48. The molecule has 0 spiro atoms. The van der Waals surface area contributed by atoms with Crippen molar-refractivity contribution in [2.24, 2.45) is 5.73 Å². The SMILES string of the molecule is COc1cc([C@H]2C(C#N)=C(N)N(C)C3=C2C(=O)CCC3)cc(OC)c1OC. The summed E-state index contributed by atoms with van der Waals surface area (Å²) >= 11 is 0. The van der Waals surface area contributed by atoms with Gasteiger partial charge in [-0.15, -0.1) is 0 Å². The van der Waals surface area contributed by atoms with Crippen LogP contribution in [0.25, 0.3) is 0 Å². The second-order valence-electron chi connectivity index (χ2n) is 6.50. The van der Waals surface area contributed by atoms with Crippen molar-refractivity contribution in [2.75, 3.05) is 28.4 Å². The predicted molar refractivity (Wildman–Crippen MR) is 99.3 cm³/mol. The monoisotopic (exact) mass is 369 g/mol. The molecular weight excluding hydrogens is 346 g/mol. The van der Waals surface area contributed by atoms with Crippen LogP contribution in [0.1, 0.15) is 30.7 Å². The minimum absolute atomic E-state index is 0.0436. The minimum Gasteiger partial charge on any atom is -0.493 e. The van der Waals surface area contributed by atoms with Crippen molar-refractivity contribution in [3.63, 3.8) is 0 Å². The first-order chi connectivity index (χ1) is 13.0. The molecule has 1 aromatic carbocycles. The second kappa shape index (κ2) is 7.23. The minimum atomic E-state index is -0.553. The fourth-order valence-corrected chi connectivity index (χ4v) is 3.86. The van der Waals surface area contributed by atoms with Crippen LogP contribution < -0.4 is 19.9 Å². The molecule has 0 unspecified atom stereocenters. The molecule has 1 atom stereocenters. The van der Waals surface area contributed by atoms with E-state index in [0.717, 1.165) is 18.5 Å². The second-order valence-corrected chi connectivity index (χ2v) is 6.50. The normalized spacial score (nSPS) is 19.6. The van der Waals surface area contributed by atoms with Crippen LogP contribution in [-0.4, -0.2) is 39.1 Å². The zero-order valence-corrected chi connectivity index (χ0v) is 16.0. The maximum atomic E-state index is 12.8. The maximum absolute atomic E-state index is 12.8. The molecule has 1 aliphatic carbocycles. The molecule has 2 N–H and O–H groups in total. The smallest absolute Gasteiger partial charge is 0.203 e. The summed E-state index contributed by atoms with van der Waals surface area (Å²) < 4.78 is 16.3. The fraction of sp³-hybridized carbons (Fsp3) is 0.400. The first-order valence-corrected chi connectivity index (χ1v) is 8.68. The van der Waals surface area contributed by atoms with Gasteiger partial charge in [0.15, 0.2) is 17.3 Å². The number of allylic oxidation sites excluding steroid dienone is 3. The number of rotatable bonds is 4. The van der Waals surface area contributed by atoms with Crippen LogP contribution in [0.3, 0.4) is 0 Å². The van der Waals surface area contributed by atoms with E-state index in [2.05, 4.69) is 6.07 Å². The van der Waals surface area contributed by atoms with Gasteiger partial charge in [0.1, 0.15) is 5.82 Å². The molecule has 0 saturated carbocycles. The number of ketones is 1. The number of hydrogen-bond acceptors (Lipinski definition) is 7. The maximum Gasteiger partial charge on any atom is 0.203 e. The number of nitrogens with two attached hydrogens (primary N) is 1. The van der Waals surface area contributed by atoms with Crippen LogP contribution in [0.2, 0.25) is 0 Å². The summed E-state index contributed by atoms with van der Waals surface area (Å²) in [7, 11) is 6.38. The molecule has 0 radical (unpaired) electrons. The van der Waals surface area contributed by atoms with Crippen molar-refractivity contribution in [3.05, 3.63) is 40.4 Å². The van der Waals surface area contributed by atoms with E-state index >= 15 is 0 Å². The summed E-state index contributed by atoms with van der Waals surface area (Å²) in [6.45, 7) is 0. The van der Waals surface area contributed by atoms with E-state index in [0.29, 0.717) is 46.2 Å².